The molecule has 1 aliphatic rings. The Balaban J connectivity index is 1.80. The molecule has 4 nitrogen and oxygen atoms in total. The zero-order valence-corrected chi connectivity index (χ0v) is 11.2. The third-order valence-corrected chi connectivity index (χ3v) is 3.60. The number of phenols is 1. The number of cyclic esters (lactones) is 1. The summed E-state index contributed by atoms with van der Waals surface area (Å²) in [6.45, 7) is 0. The molecular formula is C17H14O4. The van der Waals surface area contributed by atoms with Crippen LogP contribution in [0.25, 0.3) is 0 Å². The molecular weight excluding hydrogens is 268 g/mol. The predicted molar refractivity (Wildman–Crippen MR) is 75.6 cm³/mol. The Morgan fingerprint density at radius 3 is 2.29 bits per heavy atom. The molecule has 0 bridgehead atoms. The van der Waals surface area contributed by atoms with Gasteiger partial charge in [-0.3, -0.25) is 9.59 Å². The van der Waals surface area contributed by atoms with Gasteiger partial charge in [0.05, 0.1) is 0 Å². The van der Waals surface area contributed by atoms with E-state index in [0.29, 0.717) is 12.0 Å². The number of hydrogen-bond donors (Lipinski definition) is 1. The van der Waals surface area contributed by atoms with Gasteiger partial charge in [0.2, 0.25) is 0 Å². The van der Waals surface area contributed by atoms with Gasteiger partial charge < -0.3 is 9.84 Å². The standard InChI is InChI=1S/C17H14O4/c18-13-8-6-12(7-9-13)16-15(19)14(17(20)21-16)10-11-4-2-1-3-5-11/h1-9,14,16,18H,10H2/t14-,16+/m0/s1. The van der Waals surface area contributed by atoms with Crippen LogP contribution in [0.15, 0.2) is 54.6 Å². The number of ketones is 1. The second-order valence-corrected chi connectivity index (χ2v) is 5.05. The van der Waals surface area contributed by atoms with Gasteiger partial charge in [-0.1, -0.05) is 42.5 Å². The minimum absolute atomic E-state index is 0.108. The van der Waals surface area contributed by atoms with Crippen molar-refractivity contribution in [1.82, 2.24) is 0 Å². The summed E-state index contributed by atoms with van der Waals surface area (Å²) in [4.78, 5) is 24.3. The highest BCUT2D eigenvalue weighted by Gasteiger charge is 2.43. The van der Waals surface area contributed by atoms with Crippen LogP contribution in [0.1, 0.15) is 17.2 Å². The second kappa shape index (κ2) is 5.40. The van der Waals surface area contributed by atoms with E-state index in [9.17, 15) is 14.7 Å². The van der Waals surface area contributed by atoms with Gasteiger partial charge >= 0.3 is 5.97 Å². The molecule has 4 heteroatoms. The molecule has 1 N–H and O–H groups in total. The molecule has 2 aromatic carbocycles. The number of esters is 1. The number of ether oxygens (including phenoxy) is 1. The largest absolute Gasteiger partial charge is 0.508 e. The molecule has 1 aliphatic heterocycles. The quantitative estimate of drug-likeness (QED) is 0.693. The summed E-state index contributed by atoms with van der Waals surface area (Å²) >= 11 is 0. The topological polar surface area (TPSA) is 63.6 Å². The van der Waals surface area contributed by atoms with Crippen LogP contribution in [-0.2, 0) is 20.7 Å². The number of benzene rings is 2. The van der Waals surface area contributed by atoms with E-state index in [2.05, 4.69) is 0 Å². The zero-order valence-electron chi connectivity index (χ0n) is 11.2. The Kier molecular flexibility index (Phi) is 3.44. The fraction of sp³-hybridized carbons (Fsp3) is 0.176. The summed E-state index contributed by atoms with van der Waals surface area (Å²) in [6.07, 6.45) is -0.514. The fourth-order valence-electron chi connectivity index (χ4n) is 2.47. The Morgan fingerprint density at radius 2 is 1.62 bits per heavy atom. The molecule has 0 radical (unpaired) electrons. The van der Waals surface area contributed by atoms with Crippen molar-refractivity contribution in [2.24, 2.45) is 5.92 Å². The summed E-state index contributed by atoms with van der Waals surface area (Å²) in [5.41, 5.74) is 1.51. The molecule has 1 saturated heterocycles. The highest BCUT2D eigenvalue weighted by molar-refractivity contribution is 6.07. The van der Waals surface area contributed by atoms with Crippen molar-refractivity contribution in [2.45, 2.75) is 12.5 Å². The SMILES string of the molecule is O=C1O[C@H](c2ccc(O)cc2)C(=O)[C@@H]1Cc1ccccc1. The molecule has 2 aromatic rings. The smallest absolute Gasteiger partial charge is 0.318 e. The number of phenolic OH excluding ortho intramolecular Hbond substituents is 1. The van der Waals surface area contributed by atoms with Crippen LogP contribution in [0.3, 0.4) is 0 Å². The molecule has 1 fully saturated rings. The molecule has 0 unspecified atom stereocenters. The summed E-state index contributed by atoms with van der Waals surface area (Å²) in [6, 6.07) is 15.5. The van der Waals surface area contributed by atoms with Crippen molar-refractivity contribution in [1.29, 1.82) is 0 Å². The summed E-state index contributed by atoms with van der Waals surface area (Å²) < 4.78 is 5.21. The van der Waals surface area contributed by atoms with Gasteiger partial charge in [0.25, 0.3) is 0 Å². The van der Waals surface area contributed by atoms with Crippen LogP contribution in [0.2, 0.25) is 0 Å². The molecule has 0 amide bonds. The van der Waals surface area contributed by atoms with E-state index in [0.717, 1.165) is 5.56 Å². The van der Waals surface area contributed by atoms with Crippen molar-refractivity contribution in [3.63, 3.8) is 0 Å². The summed E-state index contributed by atoms with van der Waals surface area (Å²) in [5, 5.41) is 9.27. The third-order valence-electron chi connectivity index (χ3n) is 3.60. The van der Waals surface area contributed by atoms with Crippen LogP contribution in [-0.4, -0.2) is 16.9 Å². The third kappa shape index (κ3) is 2.65. The van der Waals surface area contributed by atoms with Gasteiger partial charge in [0.15, 0.2) is 11.9 Å². The van der Waals surface area contributed by atoms with Crippen molar-refractivity contribution in [3.8, 4) is 5.75 Å². The van der Waals surface area contributed by atoms with E-state index in [1.165, 1.54) is 12.1 Å². The lowest BCUT2D eigenvalue weighted by molar-refractivity contribution is -0.144. The van der Waals surface area contributed by atoms with E-state index in [4.69, 9.17) is 4.74 Å². The molecule has 106 valence electrons. The molecule has 21 heavy (non-hydrogen) atoms. The van der Waals surface area contributed by atoms with Crippen molar-refractivity contribution < 1.29 is 19.4 Å². The maximum atomic E-state index is 12.4. The lowest BCUT2D eigenvalue weighted by atomic mass is 9.93. The number of carbonyl (C=O) groups excluding carboxylic acids is 2. The second-order valence-electron chi connectivity index (χ2n) is 5.05. The van der Waals surface area contributed by atoms with Crippen LogP contribution in [0.5, 0.6) is 5.75 Å². The first-order chi connectivity index (χ1) is 10.1. The minimum atomic E-state index is -0.869. The zero-order chi connectivity index (χ0) is 14.8. The van der Waals surface area contributed by atoms with Gasteiger partial charge in [0.1, 0.15) is 11.7 Å². The van der Waals surface area contributed by atoms with E-state index in [-0.39, 0.29) is 11.5 Å². The number of rotatable bonds is 3. The fourth-order valence-corrected chi connectivity index (χ4v) is 2.47. The predicted octanol–water partition coefficient (Wildman–Crippen LogP) is 2.42. The first-order valence-corrected chi connectivity index (χ1v) is 6.72. The summed E-state index contributed by atoms with van der Waals surface area (Å²) in [5.74, 6) is -1.36. The van der Waals surface area contributed by atoms with Crippen LogP contribution in [0, 0.1) is 5.92 Å². The maximum Gasteiger partial charge on any atom is 0.318 e. The Morgan fingerprint density at radius 1 is 0.952 bits per heavy atom. The highest BCUT2D eigenvalue weighted by Crippen LogP contribution is 2.32. The number of aromatic hydroxyl groups is 1. The number of hydrogen-bond acceptors (Lipinski definition) is 4. The summed E-state index contributed by atoms with van der Waals surface area (Å²) in [7, 11) is 0. The van der Waals surface area contributed by atoms with E-state index >= 15 is 0 Å². The Bertz CT molecular complexity index is 661. The molecule has 1 heterocycles. The van der Waals surface area contributed by atoms with Crippen molar-refractivity contribution >= 4 is 11.8 Å². The average Bonchev–Trinajstić information content (AvgIpc) is 2.77. The van der Waals surface area contributed by atoms with Gasteiger partial charge in [0, 0.05) is 5.56 Å². The number of carbonyl (C=O) groups is 2. The number of Topliss-reactive ketones (excluding diaryl/α,β-unsaturated/α-hetero) is 1. The highest BCUT2D eigenvalue weighted by atomic mass is 16.6. The van der Waals surface area contributed by atoms with E-state index in [1.807, 2.05) is 30.3 Å². The lowest BCUT2D eigenvalue weighted by Gasteiger charge is -2.08. The van der Waals surface area contributed by atoms with Gasteiger partial charge in [-0.2, -0.15) is 0 Å². The monoisotopic (exact) mass is 282 g/mol. The molecule has 0 saturated carbocycles. The molecule has 0 spiro atoms. The molecule has 0 aliphatic carbocycles. The Hall–Kier alpha value is -2.62. The minimum Gasteiger partial charge on any atom is -0.508 e. The maximum absolute atomic E-state index is 12.4. The van der Waals surface area contributed by atoms with Crippen LogP contribution >= 0.6 is 0 Å². The van der Waals surface area contributed by atoms with Gasteiger partial charge in [-0.25, -0.2) is 0 Å². The Labute approximate surface area is 122 Å². The lowest BCUT2D eigenvalue weighted by Crippen LogP contribution is -2.19. The normalized spacial score (nSPS) is 21.3. The van der Waals surface area contributed by atoms with Crippen LogP contribution in [0.4, 0.5) is 0 Å². The molecule has 3 rings (SSSR count). The van der Waals surface area contributed by atoms with Crippen LogP contribution < -0.4 is 0 Å². The van der Waals surface area contributed by atoms with Gasteiger partial charge in [-0.15, -0.1) is 0 Å². The molecule has 2 atom stereocenters. The van der Waals surface area contributed by atoms with Crippen molar-refractivity contribution in [3.05, 3.63) is 65.7 Å². The van der Waals surface area contributed by atoms with Crippen molar-refractivity contribution in [2.75, 3.05) is 0 Å². The first-order valence-electron chi connectivity index (χ1n) is 6.72. The van der Waals surface area contributed by atoms with Gasteiger partial charge in [-0.05, 0) is 24.1 Å². The average molecular weight is 282 g/mol. The van der Waals surface area contributed by atoms with E-state index < -0.39 is 18.0 Å². The molecule has 0 aromatic heterocycles. The first kappa shape index (κ1) is 13.4. The van der Waals surface area contributed by atoms with E-state index in [1.54, 1.807) is 12.1 Å².